The minimum Gasteiger partial charge on any atom is -0.495 e. The van der Waals surface area contributed by atoms with Crippen molar-refractivity contribution in [2.24, 2.45) is 0 Å². The molecule has 0 spiro atoms. The van der Waals surface area contributed by atoms with Gasteiger partial charge in [-0.15, -0.1) is 11.3 Å². The zero-order valence-electron chi connectivity index (χ0n) is 15.8. The lowest BCUT2D eigenvalue weighted by Crippen LogP contribution is -2.15. The fraction of sp³-hybridized carbons (Fsp3) is 0.350. The largest absolute Gasteiger partial charge is 0.495 e. The average molecular weight is 434 g/mol. The Morgan fingerprint density at radius 2 is 2.14 bits per heavy atom. The number of carbonyl (C=O) groups is 1. The highest BCUT2D eigenvalue weighted by Crippen LogP contribution is 2.42. The van der Waals surface area contributed by atoms with Crippen molar-refractivity contribution in [3.8, 4) is 5.75 Å². The molecule has 0 atom stereocenters. The molecule has 0 radical (unpaired) electrons. The number of halogens is 1. The molecule has 1 amide bonds. The lowest BCUT2D eigenvalue weighted by molar-refractivity contribution is -0.113. The number of aromatic nitrogens is 2. The first-order valence-corrected chi connectivity index (χ1v) is 11.2. The number of nitrogens with zero attached hydrogens (tertiary/aromatic N) is 2. The first-order valence-electron chi connectivity index (χ1n) is 9.00. The molecule has 5 nitrogen and oxygen atoms in total. The highest BCUT2D eigenvalue weighted by molar-refractivity contribution is 8.00. The van der Waals surface area contributed by atoms with Gasteiger partial charge in [-0.2, -0.15) is 0 Å². The molecule has 2 heterocycles. The topological polar surface area (TPSA) is 64.1 Å². The zero-order valence-corrected chi connectivity index (χ0v) is 18.2. The summed E-state index contributed by atoms with van der Waals surface area (Å²) in [5, 5.41) is 5.39. The number of carbonyl (C=O) groups excluding carboxylic acids is 1. The summed E-state index contributed by atoms with van der Waals surface area (Å²) in [6.07, 6.45) is 2.29. The van der Waals surface area contributed by atoms with E-state index in [0.717, 1.165) is 33.9 Å². The molecule has 0 aliphatic heterocycles. The van der Waals surface area contributed by atoms with Crippen LogP contribution in [0, 0.1) is 13.8 Å². The zero-order chi connectivity index (χ0) is 19.8. The standard InChI is InChI=1S/C20H20ClN3O2S2/c1-10-11(2)28-20-17(10)19(23-18(24-20)12-4-5-12)27-9-16(25)22-14-8-13(21)6-7-15(14)26-3/h6-8,12H,4-5,9H2,1-3H3,(H,22,25). The summed E-state index contributed by atoms with van der Waals surface area (Å²) in [6.45, 7) is 4.19. The summed E-state index contributed by atoms with van der Waals surface area (Å²) in [5.74, 6) is 2.08. The molecule has 1 N–H and O–H groups in total. The van der Waals surface area contributed by atoms with Gasteiger partial charge in [-0.3, -0.25) is 4.79 Å². The van der Waals surface area contributed by atoms with Crippen LogP contribution in [0.3, 0.4) is 0 Å². The summed E-state index contributed by atoms with van der Waals surface area (Å²) >= 11 is 9.19. The molecule has 146 valence electrons. The molecule has 1 aliphatic carbocycles. The minimum absolute atomic E-state index is 0.130. The summed E-state index contributed by atoms with van der Waals surface area (Å²) in [7, 11) is 1.56. The van der Waals surface area contributed by atoms with Gasteiger partial charge in [0, 0.05) is 21.2 Å². The predicted octanol–water partition coefficient (Wildman–Crippen LogP) is 5.58. The van der Waals surface area contributed by atoms with Crippen LogP contribution in [0.4, 0.5) is 5.69 Å². The molecule has 1 saturated carbocycles. The van der Waals surface area contributed by atoms with Crippen LogP contribution in [0.15, 0.2) is 23.2 Å². The van der Waals surface area contributed by atoms with Gasteiger partial charge in [-0.25, -0.2) is 9.97 Å². The van der Waals surface area contributed by atoms with Crippen molar-refractivity contribution >= 4 is 56.5 Å². The number of ether oxygens (including phenoxy) is 1. The van der Waals surface area contributed by atoms with E-state index in [2.05, 4.69) is 19.2 Å². The van der Waals surface area contributed by atoms with Crippen molar-refractivity contribution in [1.82, 2.24) is 9.97 Å². The third-order valence-electron chi connectivity index (χ3n) is 4.73. The summed E-state index contributed by atoms with van der Waals surface area (Å²) < 4.78 is 5.29. The van der Waals surface area contributed by atoms with Crippen LogP contribution >= 0.6 is 34.7 Å². The van der Waals surface area contributed by atoms with E-state index in [0.29, 0.717) is 22.4 Å². The number of amides is 1. The molecule has 3 aromatic rings. The van der Waals surface area contributed by atoms with Crippen molar-refractivity contribution in [3.63, 3.8) is 0 Å². The maximum atomic E-state index is 12.6. The second-order valence-electron chi connectivity index (χ2n) is 6.81. The van der Waals surface area contributed by atoms with Gasteiger partial charge in [0.25, 0.3) is 0 Å². The third-order valence-corrected chi connectivity index (χ3v) is 7.04. The van der Waals surface area contributed by atoms with Crippen molar-refractivity contribution < 1.29 is 9.53 Å². The molecular formula is C20H20ClN3O2S2. The number of benzene rings is 1. The molecule has 0 unspecified atom stereocenters. The number of thioether (sulfide) groups is 1. The normalized spacial score (nSPS) is 13.7. The Morgan fingerprint density at radius 1 is 1.36 bits per heavy atom. The number of rotatable bonds is 6. The van der Waals surface area contributed by atoms with Crippen LogP contribution < -0.4 is 10.1 Å². The molecular weight excluding hydrogens is 414 g/mol. The first-order chi connectivity index (χ1) is 13.5. The number of nitrogens with one attached hydrogen (secondary N) is 1. The lowest BCUT2D eigenvalue weighted by atomic mass is 10.2. The number of thiophene rings is 1. The van der Waals surface area contributed by atoms with Gasteiger partial charge in [-0.05, 0) is 50.5 Å². The van der Waals surface area contributed by atoms with Crippen LogP contribution in [0.2, 0.25) is 5.02 Å². The predicted molar refractivity (Wildman–Crippen MR) is 116 cm³/mol. The molecule has 8 heteroatoms. The Kier molecular flexibility index (Phi) is 5.49. The maximum Gasteiger partial charge on any atom is 0.234 e. The number of anilines is 1. The number of fused-ring (bicyclic) bond motifs is 1. The van der Waals surface area contributed by atoms with Gasteiger partial charge >= 0.3 is 0 Å². The van der Waals surface area contributed by atoms with Gasteiger partial charge in [0.1, 0.15) is 21.4 Å². The van der Waals surface area contributed by atoms with E-state index in [1.807, 2.05) is 0 Å². The van der Waals surface area contributed by atoms with E-state index in [-0.39, 0.29) is 11.7 Å². The Balaban J connectivity index is 1.55. The van der Waals surface area contributed by atoms with E-state index in [4.69, 9.17) is 26.3 Å². The lowest BCUT2D eigenvalue weighted by Gasteiger charge is -2.11. The SMILES string of the molecule is COc1ccc(Cl)cc1NC(=O)CSc1nc(C2CC2)nc2sc(C)c(C)c12. The van der Waals surface area contributed by atoms with Crippen LogP contribution in [0.1, 0.15) is 35.0 Å². The Morgan fingerprint density at radius 3 is 2.86 bits per heavy atom. The fourth-order valence-electron chi connectivity index (χ4n) is 2.96. The third kappa shape index (κ3) is 3.97. The van der Waals surface area contributed by atoms with E-state index >= 15 is 0 Å². The van der Waals surface area contributed by atoms with Crippen molar-refractivity contribution in [3.05, 3.63) is 39.5 Å². The fourth-order valence-corrected chi connectivity index (χ4v) is 5.12. The highest BCUT2D eigenvalue weighted by Gasteiger charge is 2.28. The van der Waals surface area contributed by atoms with Gasteiger partial charge in [-0.1, -0.05) is 23.4 Å². The number of hydrogen-bond acceptors (Lipinski definition) is 6. The van der Waals surface area contributed by atoms with Crippen LogP contribution in [0.5, 0.6) is 5.75 Å². The van der Waals surface area contributed by atoms with Crippen LogP contribution in [0.25, 0.3) is 10.2 Å². The number of methoxy groups -OCH3 is 1. The Bertz CT molecular complexity index is 1060. The van der Waals surface area contributed by atoms with Crippen LogP contribution in [-0.2, 0) is 4.79 Å². The Labute approximate surface area is 176 Å². The number of hydrogen-bond donors (Lipinski definition) is 1. The maximum absolute atomic E-state index is 12.6. The summed E-state index contributed by atoms with van der Waals surface area (Å²) in [5.41, 5.74) is 1.76. The van der Waals surface area contributed by atoms with E-state index in [9.17, 15) is 4.79 Å². The first kappa shape index (κ1) is 19.5. The minimum atomic E-state index is -0.130. The smallest absolute Gasteiger partial charge is 0.234 e. The molecule has 1 aromatic carbocycles. The molecule has 0 saturated heterocycles. The van der Waals surface area contributed by atoms with Gasteiger partial charge in [0.05, 0.1) is 18.6 Å². The van der Waals surface area contributed by atoms with Crippen LogP contribution in [-0.4, -0.2) is 28.7 Å². The molecule has 4 rings (SSSR count). The second-order valence-corrected chi connectivity index (χ2v) is 9.41. The molecule has 1 aliphatic rings. The summed E-state index contributed by atoms with van der Waals surface area (Å²) in [6, 6.07) is 5.14. The summed E-state index contributed by atoms with van der Waals surface area (Å²) in [4.78, 5) is 24.4. The van der Waals surface area contributed by atoms with Crippen molar-refractivity contribution in [2.45, 2.75) is 37.6 Å². The molecule has 2 aromatic heterocycles. The van der Waals surface area contributed by atoms with Crippen molar-refractivity contribution in [1.29, 1.82) is 0 Å². The van der Waals surface area contributed by atoms with Gasteiger partial charge in [0.15, 0.2) is 0 Å². The van der Waals surface area contributed by atoms with E-state index < -0.39 is 0 Å². The molecule has 0 bridgehead atoms. The Hall–Kier alpha value is -1.83. The highest BCUT2D eigenvalue weighted by atomic mass is 35.5. The monoisotopic (exact) mass is 433 g/mol. The average Bonchev–Trinajstić information content (AvgIpc) is 3.47. The van der Waals surface area contributed by atoms with Crippen molar-refractivity contribution in [2.75, 3.05) is 18.2 Å². The van der Waals surface area contributed by atoms with E-state index in [1.54, 1.807) is 36.6 Å². The number of aryl methyl sites for hydroxylation is 2. The molecule has 1 fully saturated rings. The quantitative estimate of drug-likeness (QED) is 0.406. The molecule has 28 heavy (non-hydrogen) atoms. The van der Waals surface area contributed by atoms with Gasteiger partial charge in [0.2, 0.25) is 5.91 Å². The van der Waals surface area contributed by atoms with Gasteiger partial charge < -0.3 is 10.1 Å². The van der Waals surface area contributed by atoms with E-state index in [1.165, 1.54) is 22.2 Å². The second kappa shape index (κ2) is 7.89.